The Balaban J connectivity index is 2.44. The van der Waals surface area contributed by atoms with Crippen LogP contribution in [0.4, 0.5) is 0 Å². The molecule has 60 valence electrons. The molecular formula is C6H14O3Si. The van der Waals surface area contributed by atoms with E-state index in [-0.39, 0.29) is 5.73 Å². The van der Waals surface area contributed by atoms with Gasteiger partial charge in [-0.1, -0.05) is 0 Å². The van der Waals surface area contributed by atoms with E-state index in [1.165, 1.54) is 0 Å². The number of ether oxygens (including phenoxy) is 1. The monoisotopic (exact) mass is 162 g/mol. The van der Waals surface area contributed by atoms with Crippen molar-refractivity contribution >= 4 is 8.56 Å². The standard InChI is InChI=1S/C6H14O3Si/c1-7-10(3,8-2)6-4-5-9-6/h6H,4-5H2,1-3H3. The first-order valence-corrected chi connectivity index (χ1v) is 5.84. The zero-order valence-electron chi connectivity index (χ0n) is 6.72. The Hall–Kier alpha value is 0.0969. The first-order chi connectivity index (χ1) is 4.73. The lowest BCUT2D eigenvalue weighted by Crippen LogP contribution is -2.55. The lowest BCUT2D eigenvalue weighted by atomic mass is 10.4. The lowest BCUT2D eigenvalue weighted by Gasteiger charge is -2.37. The Bertz CT molecular complexity index is 110. The van der Waals surface area contributed by atoms with Crippen LogP contribution in [0.1, 0.15) is 6.42 Å². The van der Waals surface area contributed by atoms with Crippen LogP contribution in [-0.2, 0) is 13.6 Å². The second kappa shape index (κ2) is 3.00. The summed E-state index contributed by atoms with van der Waals surface area (Å²) in [7, 11) is 1.45. The third kappa shape index (κ3) is 1.25. The maximum Gasteiger partial charge on any atom is 0.364 e. The van der Waals surface area contributed by atoms with Crippen LogP contribution in [0.15, 0.2) is 0 Å². The number of hydrogen-bond acceptors (Lipinski definition) is 3. The van der Waals surface area contributed by atoms with Crippen molar-refractivity contribution in [2.75, 3.05) is 20.8 Å². The predicted molar refractivity (Wildman–Crippen MR) is 40.0 cm³/mol. The van der Waals surface area contributed by atoms with E-state index in [0.29, 0.717) is 0 Å². The van der Waals surface area contributed by atoms with Crippen molar-refractivity contribution in [3.63, 3.8) is 0 Å². The first-order valence-electron chi connectivity index (χ1n) is 3.45. The topological polar surface area (TPSA) is 27.7 Å². The molecule has 0 aromatic carbocycles. The van der Waals surface area contributed by atoms with Gasteiger partial charge in [0.05, 0.1) is 0 Å². The second-order valence-corrected chi connectivity index (χ2v) is 6.06. The minimum Gasteiger partial charge on any atom is -0.396 e. The van der Waals surface area contributed by atoms with E-state index in [0.717, 1.165) is 13.0 Å². The van der Waals surface area contributed by atoms with Crippen LogP contribution in [0.3, 0.4) is 0 Å². The van der Waals surface area contributed by atoms with Gasteiger partial charge in [0.25, 0.3) is 0 Å². The summed E-state index contributed by atoms with van der Waals surface area (Å²) >= 11 is 0. The largest absolute Gasteiger partial charge is 0.396 e. The Morgan fingerprint density at radius 2 is 1.90 bits per heavy atom. The lowest BCUT2D eigenvalue weighted by molar-refractivity contribution is -0.0309. The van der Waals surface area contributed by atoms with Gasteiger partial charge in [-0.15, -0.1) is 0 Å². The van der Waals surface area contributed by atoms with Crippen molar-refractivity contribution in [2.24, 2.45) is 0 Å². The molecular weight excluding hydrogens is 148 g/mol. The van der Waals surface area contributed by atoms with E-state index >= 15 is 0 Å². The van der Waals surface area contributed by atoms with Crippen molar-refractivity contribution in [3.05, 3.63) is 0 Å². The summed E-state index contributed by atoms with van der Waals surface area (Å²) in [6, 6.07) is 0. The Morgan fingerprint density at radius 3 is 2.00 bits per heavy atom. The quantitative estimate of drug-likeness (QED) is 0.571. The average molecular weight is 162 g/mol. The highest BCUT2D eigenvalue weighted by Crippen LogP contribution is 2.23. The molecule has 1 aliphatic heterocycles. The van der Waals surface area contributed by atoms with Crippen LogP contribution < -0.4 is 0 Å². The van der Waals surface area contributed by atoms with Gasteiger partial charge in [0.1, 0.15) is 5.73 Å². The molecule has 1 heterocycles. The molecule has 1 aliphatic rings. The van der Waals surface area contributed by atoms with E-state index in [1.54, 1.807) is 14.2 Å². The minimum atomic E-state index is -1.94. The molecule has 0 radical (unpaired) electrons. The Labute approximate surface area is 62.5 Å². The molecule has 0 bridgehead atoms. The Morgan fingerprint density at radius 1 is 1.40 bits per heavy atom. The van der Waals surface area contributed by atoms with Gasteiger partial charge in [-0.3, -0.25) is 0 Å². The summed E-state index contributed by atoms with van der Waals surface area (Å²) in [6.07, 6.45) is 1.09. The van der Waals surface area contributed by atoms with E-state index in [4.69, 9.17) is 13.6 Å². The van der Waals surface area contributed by atoms with Gasteiger partial charge >= 0.3 is 8.56 Å². The molecule has 0 aromatic heterocycles. The summed E-state index contributed by atoms with van der Waals surface area (Å²) in [6.45, 7) is 2.89. The third-order valence-electron chi connectivity index (χ3n) is 2.09. The van der Waals surface area contributed by atoms with Gasteiger partial charge in [-0.2, -0.15) is 0 Å². The van der Waals surface area contributed by atoms with Crippen LogP contribution in [0.25, 0.3) is 0 Å². The second-order valence-electron chi connectivity index (χ2n) is 2.57. The zero-order chi connectivity index (χ0) is 7.61. The third-order valence-corrected chi connectivity index (χ3v) is 5.34. The summed E-state index contributed by atoms with van der Waals surface area (Å²) < 4.78 is 15.9. The van der Waals surface area contributed by atoms with E-state index in [9.17, 15) is 0 Å². The molecule has 0 aromatic rings. The van der Waals surface area contributed by atoms with E-state index in [2.05, 4.69) is 0 Å². The summed E-state index contributed by atoms with van der Waals surface area (Å²) in [4.78, 5) is 0. The number of rotatable bonds is 3. The van der Waals surface area contributed by atoms with Crippen LogP contribution in [0, 0.1) is 0 Å². The van der Waals surface area contributed by atoms with Crippen molar-refractivity contribution in [1.82, 2.24) is 0 Å². The first kappa shape index (κ1) is 8.20. The van der Waals surface area contributed by atoms with Crippen molar-refractivity contribution < 1.29 is 13.6 Å². The van der Waals surface area contributed by atoms with Crippen LogP contribution in [0.5, 0.6) is 0 Å². The predicted octanol–water partition coefficient (Wildman–Crippen LogP) is 0.679. The summed E-state index contributed by atoms with van der Waals surface area (Å²) in [5.74, 6) is 0. The highest BCUT2D eigenvalue weighted by Gasteiger charge is 2.44. The highest BCUT2D eigenvalue weighted by molar-refractivity contribution is 6.67. The van der Waals surface area contributed by atoms with E-state index in [1.807, 2.05) is 6.55 Å². The zero-order valence-corrected chi connectivity index (χ0v) is 7.72. The van der Waals surface area contributed by atoms with Gasteiger partial charge in [0.15, 0.2) is 0 Å². The molecule has 1 unspecified atom stereocenters. The molecule has 1 atom stereocenters. The molecule has 4 heteroatoms. The molecule has 0 spiro atoms. The summed E-state index contributed by atoms with van der Waals surface area (Å²) in [5, 5.41) is 0. The fourth-order valence-electron chi connectivity index (χ4n) is 0.995. The van der Waals surface area contributed by atoms with Crippen molar-refractivity contribution in [1.29, 1.82) is 0 Å². The molecule has 0 aliphatic carbocycles. The number of hydrogen-bond donors (Lipinski definition) is 0. The Kier molecular flexibility index (Phi) is 2.46. The van der Waals surface area contributed by atoms with Gasteiger partial charge in [0.2, 0.25) is 0 Å². The molecule has 1 saturated heterocycles. The van der Waals surface area contributed by atoms with Crippen LogP contribution in [0.2, 0.25) is 6.55 Å². The minimum absolute atomic E-state index is 0.252. The summed E-state index contributed by atoms with van der Waals surface area (Å²) in [5.41, 5.74) is 0.252. The van der Waals surface area contributed by atoms with Crippen molar-refractivity contribution in [3.8, 4) is 0 Å². The molecule has 0 saturated carbocycles. The van der Waals surface area contributed by atoms with Gasteiger partial charge in [-0.05, 0) is 13.0 Å². The van der Waals surface area contributed by atoms with Gasteiger partial charge < -0.3 is 13.6 Å². The van der Waals surface area contributed by atoms with Crippen molar-refractivity contribution in [2.45, 2.75) is 18.7 Å². The van der Waals surface area contributed by atoms with Gasteiger partial charge in [0, 0.05) is 20.8 Å². The maximum absolute atomic E-state index is 5.29. The molecule has 3 nitrogen and oxygen atoms in total. The normalized spacial score (nSPS) is 26.1. The van der Waals surface area contributed by atoms with Crippen LogP contribution in [-0.4, -0.2) is 35.1 Å². The smallest absolute Gasteiger partial charge is 0.364 e. The maximum atomic E-state index is 5.29. The molecule has 0 amide bonds. The fraction of sp³-hybridized carbons (Fsp3) is 1.00. The molecule has 1 rings (SSSR count). The molecule has 10 heavy (non-hydrogen) atoms. The van der Waals surface area contributed by atoms with Crippen LogP contribution >= 0.6 is 0 Å². The van der Waals surface area contributed by atoms with E-state index < -0.39 is 8.56 Å². The van der Waals surface area contributed by atoms with Gasteiger partial charge in [-0.25, -0.2) is 0 Å². The average Bonchev–Trinajstić information content (AvgIpc) is 1.84. The SMILES string of the molecule is CO[Si](C)(OC)C1CCO1. The molecule has 0 N–H and O–H groups in total. The highest BCUT2D eigenvalue weighted by atomic mass is 28.4. The fourth-order valence-corrected chi connectivity index (χ4v) is 2.75. The molecule has 1 fully saturated rings.